The lowest BCUT2D eigenvalue weighted by atomic mass is 9.88. The van der Waals surface area contributed by atoms with E-state index in [2.05, 4.69) is 0 Å². The second-order valence-corrected chi connectivity index (χ2v) is 2.57. The first-order valence-electron chi connectivity index (χ1n) is 3.45. The Bertz CT molecular complexity index is 299. The van der Waals surface area contributed by atoms with Gasteiger partial charge in [-0.1, -0.05) is 5.46 Å². The van der Waals surface area contributed by atoms with Gasteiger partial charge in [-0.05, 0) is 18.6 Å². The zero-order chi connectivity index (χ0) is 9.30. The summed E-state index contributed by atoms with van der Waals surface area (Å²) in [5, 5.41) is 9.04. The molecule has 62 valence electrons. The van der Waals surface area contributed by atoms with Crippen molar-refractivity contribution in [3.8, 4) is 0 Å². The maximum Gasteiger partial charge on any atom is 0.126 e. The topological polar surface area (TPSA) is 20.2 Å². The van der Waals surface area contributed by atoms with E-state index in [0.29, 0.717) is 6.07 Å². The van der Waals surface area contributed by atoms with Gasteiger partial charge in [0.25, 0.3) is 0 Å². The third-order valence-corrected chi connectivity index (χ3v) is 1.58. The number of benzene rings is 1. The summed E-state index contributed by atoms with van der Waals surface area (Å²) in [5.41, 5.74) is -0.126. The van der Waals surface area contributed by atoms with Gasteiger partial charge in [0.2, 0.25) is 0 Å². The van der Waals surface area contributed by atoms with Crippen molar-refractivity contribution in [1.29, 1.82) is 0 Å². The monoisotopic (exact) mass is 168 g/mol. The summed E-state index contributed by atoms with van der Waals surface area (Å²) in [6.07, 6.45) is -0.963. The van der Waals surface area contributed by atoms with Crippen LogP contribution in [-0.2, 0) is 0 Å². The van der Waals surface area contributed by atoms with Gasteiger partial charge in [0, 0.05) is 6.07 Å². The minimum Gasteiger partial charge on any atom is -0.389 e. The lowest BCUT2D eigenvalue weighted by molar-refractivity contribution is 0.199. The average molecular weight is 168 g/mol. The van der Waals surface area contributed by atoms with Gasteiger partial charge in [-0.2, -0.15) is 0 Å². The standard InChI is InChI=1S/C8H7BF2O/c1-4(12)6-2-5(10)3-7(11)8(6)9/h2-4,12H,1H3. The highest BCUT2D eigenvalue weighted by atomic mass is 19.1. The smallest absolute Gasteiger partial charge is 0.126 e. The summed E-state index contributed by atoms with van der Waals surface area (Å²) in [4.78, 5) is 0. The number of rotatable bonds is 1. The van der Waals surface area contributed by atoms with E-state index in [-0.39, 0.29) is 11.0 Å². The van der Waals surface area contributed by atoms with E-state index in [1.165, 1.54) is 6.92 Å². The first-order chi connectivity index (χ1) is 5.52. The molecule has 4 heteroatoms. The van der Waals surface area contributed by atoms with Crippen molar-refractivity contribution in [3.63, 3.8) is 0 Å². The van der Waals surface area contributed by atoms with E-state index in [4.69, 9.17) is 13.0 Å². The number of hydrogen-bond donors (Lipinski definition) is 1. The molecule has 0 bridgehead atoms. The zero-order valence-electron chi connectivity index (χ0n) is 6.51. The van der Waals surface area contributed by atoms with Gasteiger partial charge in [-0.3, -0.25) is 0 Å². The molecule has 1 aromatic rings. The zero-order valence-corrected chi connectivity index (χ0v) is 6.51. The molecule has 0 spiro atoms. The summed E-state index contributed by atoms with van der Waals surface area (Å²) in [6, 6.07) is 1.70. The highest BCUT2D eigenvalue weighted by Crippen LogP contribution is 2.12. The molecule has 0 aliphatic heterocycles. The summed E-state index contributed by atoms with van der Waals surface area (Å²) in [6.45, 7) is 1.39. The van der Waals surface area contributed by atoms with E-state index in [1.807, 2.05) is 0 Å². The molecule has 0 aromatic heterocycles. The van der Waals surface area contributed by atoms with Crippen LogP contribution in [0.25, 0.3) is 0 Å². The largest absolute Gasteiger partial charge is 0.389 e. The normalized spacial score (nSPS) is 13.0. The lowest BCUT2D eigenvalue weighted by Crippen LogP contribution is -2.17. The molecule has 1 N–H and O–H groups in total. The Kier molecular flexibility index (Phi) is 2.47. The molecular weight excluding hydrogens is 161 g/mol. The summed E-state index contributed by atoms with van der Waals surface area (Å²) >= 11 is 0. The molecule has 1 aromatic carbocycles. The number of aliphatic hydroxyl groups is 1. The minimum atomic E-state index is -0.963. The van der Waals surface area contributed by atoms with Crippen molar-refractivity contribution in [2.45, 2.75) is 13.0 Å². The van der Waals surface area contributed by atoms with Crippen molar-refractivity contribution in [3.05, 3.63) is 29.3 Å². The molecule has 0 saturated carbocycles. The molecule has 0 aliphatic carbocycles. The minimum absolute atomic E-state index is 0.0764. The maximum absolute atomic E-state index is 12.7. The number of aliphatic hydroxyl groups excluding tert-OH is 1. The quantitative estimate of drug-likeness (QED) is 0.615. The van der Waals surface area contributed by atoms with Gasteiger partial charge in [-0.25, -0.2) is 8.78 Å². The Balaban J connectivity index is 3.28. The second-order valence-electron chi connectivity index (χ2n) is 2.57. The molecular formula is C8H7BF2O. The van der Waals surface area contributed by atoms with Gasteiger partial charge in [0.05, 0.1) is 6.10 Å². The van der Waals surface area contributed by atoms with Crippen LogP contribution < -0.4 is 5.46 Å². The number of hydrogen-bond acceptors (Lipinski definition) is 1. The third-order valence-electron chi connectivity index (χ3n) is 1.58. The van der Waals surface area contributed by atoms with Gasteiger partial charge in [0.15, 0.2) is 0 Å². The van der Waals surface area contributed by atoms with Crippen LogP contribution in [0.3, 0.4) is 0 Å². The van der Waals surface area contributed by atoms with Gasteiger partial charge < -0.3 is 5.11 Å². The van der Waals surface area contributed by atoms with Crippen molar-refractivity contribution in [2.75, 3.05) is 0 Å². The molecule has 0 heterocycles. The molecule has 2 radical (unpaired) electrons. The van der Waals surface area contributed by atoms with Crippen LogP contribution in [0.1, 0.15) is 18.6 Å². The molecule has 12 heavy (non-hydrogen) atoms. The van der Waals surface area contributed by atoms with Crippen molar-refractivity contribution >= 4 is 13.3 Å². The summed E-state index contributed by atoms with van der Waals surface area (Å²) < 4.78 is 25.3. The van der Waals surface area contributed by atoms with Gasteiger partial charge in [0.1, 0.15) is 19.5 Å². The summed E-state index contributed by atoms with van der Waals surface area (Å²) in [5.74, 6) is -1.58. The fourth-order valence-electron chi connectivity index (χ4n) is 0.950. The Morgan fingerprint density at radius 2 is 2.00 bits per heavy atom. The highest BCUT2D eigenvalue weighted by Gasteiger charge is 2.10. The Hall–Kier alpha value is -0.895. The van der Waals surface area contributed by atoms with E-state index in [0.717, 1.165) is 6.07 Å². The van der Waals surface area contributed by atoms with Crippen LogP contribution in [0.4, 0.5) is 8.78 Å². The SMILES string of the molecule is [B]c1c(F)cc(F)cc1C(C)O. The molecule has 1 atom stereocenters. The van der Waals surface area contributed by atoms with E-state index in [9.17, 15) is 8.78 Å². The average Bonchev–Trinajstić information content (AvgIpc) is 1.96. The van der Waals surface area contributed by atoms with Crippen LogP contribution in [0.2, 0.25) is 0 Å². The predicted molar refractivity (Wildman–Crippen MR) is 42.4 cm³/mol. The Labute approximate surface area is 70.4 Å². The van der Waals surface area contributed by atoms with Crippen molar-refractivity contribution < 1.29 is 13.9 Å². The number of halogens is 2. The predicted octanol–water partition coefficient (Wildman–Crippen LogP) is 0.812. The van der Waals surface area contributed by atoms with Gasteiger partial charge in [-0.15, -0.1) is 0 Å². The molecule has 1 rings (SSSR count). The third kappa shape index (κ3) is 1.64. The molecule has 0 amide bonds. The van der Waals surface area contributed by atoms with E-state index >= 15 is 0 Å². The Morgan fingerprint density at radius 1 is 1.42 bits per heavy atom. The highest BCUT2D eigenvalue weighted by molar-refractivity contribution is 6.33. The fourth-order valence-corrected chi connectivity index (χ4v) is 0.950. The maximum atomic E-state index is 12.7. The Morgan fingerprint density at radius 3 is 2.50 bits per heavy atom. The fraction of sp³-hybridized carbons (Fsp3) is 0.250. The molecule has 0 saturated heterocycles. The van der Waals surface area contributed by atoms with Crippen LogP contribution in [0.15, 0.2) is 12.1 Å². The van der Waals surface area contributed by atoms with Crippen LogP contribution in [0.5, 0.6) is 0 Å². The molecule has 0 aliphatic rings. The first-order valence-corrected chi connectivity index (χ1v) is 3.45. The van der Waals surface area contributed by atoms with Crippen LogP contribution >= 0.6 is 0 Å². The van der Waals surface area contributed by atoms with E-state index < -0.39 is 17.7 Å². The lowest BCUT2D eigenvalue weighted by Gasteiger charge is -2.09. The molecule has 0 fully saturated rings. The van der Waals surface area contributed by atoms with Crippen LogP contribution in [-0.4, -0.2) is 13.0 Å². The summed E-state index contributed by atoms with van der Waals surface area (Å²) in [7, 11) is 5.25. The second kappa shape index (κ2) is 3.23. The van der Waals surface area contributed by atoms with Crippen molar-refractivity contribution in [1.82, 2.24) is 0 Å². The van der Waals surface area contributed by atoms with Crippen molar-refractivity contribution in [2.24, 2.45) is 0 Å². The first kappa shape index (κ1) is 9.19. The molecule has 1 nitrogen and oxygen atoms in total. The van der Waals surface area contributed by atoms with E-state index in [1.54, 1.807) is 0 Å². The van der Waals surface area contributed by atoms with Crippen LogP contribution in [0, 0.1) is 11.6 Å². The van der Waals surface area contributed by atoms with Gasteiger partial charge >= 0.3 is 0 Å². The molecule has 1 unspecified atom stereocenters.